The lowest BCUT2D eigenvalue weighted by Crippen LogP contribution is -2.28. The normalized spacial score (nSPS) is 13.5. The van der Waals surface area contributed by atoms with E-state index in [1.54, 1.807) is 30.5 Å². The lowest BCUT2D eigenvalue weighted by molar-refractivity contribution is -0.153. The smallest absolute Gasteiger partial charge is 0.302 e. The molecule has 35 heavy (non-hydrogen) atoms. The number of nitrogens with two attached hydrogens (primary N) is 1. The average Bonchev–Trinajstić information content (AvgIpc) is 2.80. The molecule has 0 aliphatic rings. The molecule has 0 aliphatic heterocycles. The van der Waals surface area contributed by atoms with E-state index in [1.165, 1.54) is 21.0 Å². The molecule has 2 rings (SSSR count). The van der Waals surface area contributed by atoms with Gasteiger partial charge in [0.25, 0.3) is 0 Å². The summed E-state index contributed by atoms with van der Waals surface area (Å²) in [5, 5.41) is 20.3. The zero-order valence-corrected chi connectivity index (χ0v) is 20.8. The van der Waals surface area contributed by atoms with E-state index in [9.17, 15) is 19.8 Å². The van der Waals surface area contributed by atoms with Crippen molar-refractivity contribution in [3.63, 3.8) is 0 Å². The molecule has 192 valence electrons. The Hall–Kier alpha value is -3.33. The van der Waals surface area contributed by atoms with Crippen LogP contribution < -0.4 is 10.5 Å². The van der Waals surface area contributed by atoms with Gasteiger partial charge < -0.3 is 30.2 Å². The summed E-state index contributed by atoms with van der Waals surface area (Å²) >= 11 is 0. The van der Waals surface area contributed by atoms with Crippen LogP contribution in [0.5, 0.6) is 11.5 Å². The van der Waals surface area contributed by atoms with Crippen molar-refractivity contribution >= 4 is 17.8 Å². The number of aliphatic hydroxyl groups is 1. The molecule has 0 saturated heterocycles. The topological polar surface area (TPSA) is 141 Å². The quantitative estimate of drug-likeness (QED) is 0.359. The minimum atomic E-state index is -0.522. The number of carbonyl (C=O) groups excluding carboxylic acids is 2. The molecule has 3 unspecified atom stereocenters. The van der Waals surface area contributed by atoms with Crippen molar-refractivity contribution in [2.45, 2.75) is 77.6 Å². The summed E-state index contributed by atoms with van der Waals surface area (Å²) in [5.74, 6) is -0.206. The first-order valence-corrected chi connectivity index (χ1v) is 11.8. The van der Waals surface area contributed by atoms with E-state index >= 15 is 0 Å². The molecule has 0 amide bonds. The van der Waals surface area contributed by atoms with Crippen LogP contribution in [0.3, 0.4) is 0 Å². The molecule has 0 aliphatic carbocycles. The highest BCUT2D eigenvalue weighted by Crippen LogP contribution is 2.36. The van der Waals surface area contributed by atoms with Crippen LogP contribution in [0.4, 0.5) is 5.82 Å². The maximum absolute atomic E-state index is 11.8. The Morgan fingerprint density at radius 3 is 2.29 bits per heavy atom. The van der Waals surface area contributed by atoms with Crippen molar-refractivity contribution in [1.82, 2.24) is 4.98 Å². The van der Waals surface area contributed by atoms with Crippen LogP contribution in [-0.2, 0) is 25.5 Å². The van der Waals surface area contributed by atoms with Gasteiger partial charge in [-0.2, -0.15) is 0 Å². The second-order valence-corrected chi connectivity index (χ2v) is 8.53. The summed E-state index contributed by atoms with van der Waals surface area (Å²) in [4.78, 5) is 27.5. The van der Waals surface area contributed by atoms with Crippen LogP contribution in [0.25, 0.3) is 11.1 Å². The third-order valence-corrected chi connectivity index (χ3v) is 5.72. The number of ether oxygens (including phenoxy) is 3. The van der Waals surface area contributed by atoms with Gasteiger partial charge in [-0.3, -0.25) is 9.59 Å². The summed E-state index contributed by atoms with van der Waals surface area (Å²) < 4.78 is 16.3. The number of aliphatic hydroxyl groups excluding tert-OH is 1. The predicted molar refractivity (Wildman–Crippen MR) is 132 cm³/mol. The number of nitrogen functional groups attached to an aromatic ring is 1. The van der Waals surface area contributed by atoms with Crippen molar-refractivity contribution in [1.29, 1.82) is 0 Å². The number of rotatable bonds is 13. The summed E-state index contributed by atoms with van der Waals surface area (Å²) in [5.41, 5.74) is 8.24. The second kappa shape index (κ2) is 13.5. The van der Waals surface area contributed by atoms with Gasteiger partial charge in [-0.05, 0) is 73.1 Å². The minimum Gasteiger partial charge on any atom is -0.504 e. The monoisotopic (exact) mass is 488 g/mol. The zero-order valence-electron chi connectivity index (χ0n) is 20.8. The molecular weight excluding hydrogens is 452 g/mol. The lowest BCUT2D eigenvalue weighted by Gasteiger charge is -2.24. The first-order chi connectivity index (χ1) is 16.6. The molecule has 1 heterocycles. The van der Waals surface area contributed by atoms with Crippen LogP contribution in [0.1, 0.15) is 58.4 Å². The highest BCUT2D eigenvalue weighted by atomic mass is 16.6. The van der Waals surface area contributed by atoms with Gasteiger partial charge in [0.05, 0.1) is 13.2 Å². The van der Waals surface area contributed by atoms with Crippen molar-refractivity contribution in [2.75, 3.05) is 12.8 Å². The Balaban J connectivity index is 2.28. The van der Waals surface area contributed by atoms with Gasteiger partial charge >= 0.3 is 11.9 Å². The number of pyridine rings is 1. The van der Waals surface area contributed by atoms with E-state index in [1.807, 2.05) is 6.92 Å². The Morgan fingerprint density at radius 1 is 1.06 bits per heavy atom. The van der Waals surface area contributed by atoms with Gasteiger partial charge in [0.2, 0.25) is 0 Å². The van der Waals surface area contributed by atoms with Gasteiger partial charge in [-0.15, -0.1) is 0 Å². The van der Waals surface area contributed by atoms with Gasteiger partial charge in [0.15, 0.2) is 11.5 Å². The maximum atomic E-state index is 11.8. The Bertz CT molecular complexity index is 996. The molecule has 0 bridgehead atoms. The van der Waals surface area contributed by atoms with Gasteiger partial charge in [0.1, 0.15) is 18.0 Å². The number of phenolic OH excluding ortho intramolecular Hbond substituents is 1. The Labute approximate surface area is 206 Å². The van der Waals surface area contributed by atoms with Crippen molar-refractivity contribution in [2.24, 2.45) is 0 Å². The molecule has 9 nitrogen and oxygen atoms in total. The van der Waals surface area contributed by atoms with Crippen LogP contribution in [0.15, 0.2) is 30.5 Å². The third kappa shape index (κ3) is 9.09. The molecule has 0 spiro atoms. The summed E-state index contributed by atoms with van der Waals surface area (Å²) in [6.45, 7) is 4.55. The SMILES string of the molecule is CCC(O)CCC(CC(CCc1cc(OC)c(O)cc1-c1ccnc(N)c1)OC(C)=O)OC(C)=O. The molecule has 0 saturated carbocycles. The molecule has 1 aromatic carbocycles. The highest BCUT2D eigenvalue weighted by molar-refractivity contribution is 5.72. The second-order valence-electron chi connectivity index (χ2n) is 8.53. The van der Waals surface area contributed by atoms with E-state index < -0.39 is 30.3 Å². The van der Waals surface area contributed by atoms with Crippen molar-refractivity contribution < 1.29 is 34.0 Å². The number of esters is 2. The zero-order chi connectivity index (χ0) is 26.0. The van der Waals surface area contributed by atoms with Crippen molar-refractivity contribution in [3.8, 4) is 22.6 Å². The molecule has 0 radical (unpaired) electrons. The van der Waals surface area contributed by atoms with Crippen LogP contribution in [0, 0.1) is 0 Å². The molecule has 4 N–H and O–H groups in total. The first-order valence-electron chi connectivity index (χ1n) is 11.8. The summed E-state index contributed by atoms with van der Waals surface area (Å²) in [6.07, 6.45) is 2.85. The van der Waals surface area contributed by atoms with Crippen LogP contribution in [0.2, 0.25) is 0 Å². The van der Waals surface area contributed by atoms with Crippen LogP contribution >= 0.6 is 0 Å². The Kier molecular flexibility index (Phi) is 10.8. The van der Waals surface area contributed by atoms with Crippen molar-refractivity contribution in [3.05, 3.63) is 36.0 Å². The molecule has 3 atom stereocenters. The predicted octanol–water partition coefficient (Wildman–Crippen LogP) is 3.78. The summed E-state index contributed by atoms with van der Waals surface area (Å²) in [6, 6.07) is 6.86. The lowest BCUT2D eigenvalue weighted by atomic mass is 9.93. The van der Waals surface area contributed by atoms with E-state index in [0.717, 1.165) is 16.7 Å². The van der Waals surface area contributed by atoms with Gasteiger partial charge in [-0.25, -0.2) is 4.98 Å². The first kappa shape index (κ1) is 27.9. The largest absolute Gasteiger partial charge is 0.504 e. The van der Waals surface area contributed by atoms with Gasteiger partial charge in [0, 0.05) is 26.5 Å². The number of hydrogen-bond donors (Lipinski definition) is 3. The maximum Gasteiger partial charge on any atom is 0.302 e. The highest BCUT2D eigenvalue weighted by Gasteiger charge is 2.23. The fourth-order valence-corrected chi connectivity index (χ4v) is 3.98. The van der Waals surface area contributed by atoms with Gasteiger partial charge in [-0.1, -0.05) is 6.92 Å². The Morgan fingerprint density at radius 2 is 1.71 bits per heavy atom. The number of benzene rings is 1. The average molecular weight is 489 g/mol. The number of methoxy groups -OCH3 is 1. The number of aromatic nitrogens is 1. The minimum absolute atomic E-state index is 0.0115. The van der Waals surface area contributed by atoms with E-state index in [2.05, 4.69) is 4.98 Å². The molecular formula is C26H36N2O7. The molecule has 9 heteroatoms. The number of hydrogen-bond acceptors (Lipinski definition) is 9. The van der Waals surface area contributed by atoms with E-state index in [-0.39, 0.29) is 5.75 Å². The number of nitrogens with zero attached hydrogens (tertiary/aromatic N) is 1. The fraction of sp³-hybridized carbons (Fsp3) is 0.500. The number of aryl methyl sites for hydroxylation is 1. The number of anilines is 1. The molecule has 1 aromatic heterocycles. The molecule has 0 fully saturated rings. The number of carbonyl (C=O) groups is 2. The molecule has 2 aromatic rings. The van der Waals surface area contributed by atoms with E-state index in [0.29, 0.717) is 50.1 Å². The fourth-order valence-electron chi connectivity index (χ4n) is 3.98. The van der Waals surface area contributed by atoms with E-state index in [4.69, 9.17) is 19.9 Å². The number of phenols is 1. The van der Waals surface area contributed by atoms with Crippen LogP contribution in [-0.4, -0.2) is 52.6 Å². The standard InChI is InChI=1S/C26H36N2O7/c1-5-20(31)7-9-22(35-17(3)30)14-21(34-16(2)29)8-6-18-12-25(33-4)24(32)15-23(18)19-10-11-28-26(27)13-19/h10-13,15,20-22,31-32H,5-9,14H2,1-4H3,(H2,27,28). The summed E-state index contributed by atoms with van der Waals surface area (Å²) in [7, 11) is 1.47. The third-order valence-electron chi connectivity index (χ3n) is 5.72. The number of aromatic hydroxyl groups is 1.